The van der Waals surface area contributed by atoms with Gasteiger partial charge in [0.1, 0.15) is 11.8 Å². The normalized spacial score (nSPS) is 11.7. The molecule has 102 valence electrons. The van der Waals surface area contributed by atoms with Crippen molar-refractivity contribution < 1.29 is 14.3 Å². The van der Waals surface area contributed by atoms with Gasteiger partial charge in [0.2, 0.25) is 5.91 Å². The molecule has 0 unspecified atom stereocenters. The van der Waals surface area contributed by atoms with E-state index in [9.17, 15) is 9.59 Å². The van der Waals surface area contributed by atoms with E-state index in [4.69, 9.17) is 4.74 Å². The zero-order valence-corrected chi connectivity index (χ0v) is 11.3. The molecule has 1 N–H and O–H groups in total. The fourth-order valence-electron chi connectivity index (χ4n) is 1.59. The monoisotopic (exact) mass is 261 g/mol. The highest BCUT2D eigenvalue weighted by atomic mass is 16.5. The van der Waals surface area contributed by atoms with E-state index < -0.39 is 12.0 Å². The topological polar surface area (TPSA) is 55.4 Å². The summed E-state index contributed by atoms with van der Waals surface area (Å²) in [4.78, 5) is 23.4. The molecule has 0 fully saturated rings. The van der Waals surface area contributed by atoms with Gasteiger partial charge in [-0.3, -0.25) is 4.79 Å². The fourth-order valence-corrected chi connectivity index (χ4v) is 1.59. The summed E-state index contributed by atoms with van der Waals surface area (Å²) in [5.41, 5.74) is 0. The molecule has 0 aliphatic carbocycles. The SMILES string of the molecule is C=CC(=O)N[C@@H](CC(C)C)C(=O)Oc1ccccc1. The van der Waals surface area contributed by atoms with Crippen molar-refractivity contribution >= 4 is 11.9 Å². The number of para-hydroxylation sites is 1. The summed E-state index contributed by atoms with van der Waals surface area (Å²) in [7, 11) is 0. The third-order valence-corrected chi connectivity index (χ3v) is 2.46. The van der Waals surface area contributed by atoms with E-state index in [1.807, 2.05) is 19.9 Å². The molecule has 0 spiro atoms. The average Bonchev–Trinajstić information content (AvgIpc) is 2.38. The minimum Gasteiger partial charge on any atom is -0.425 e. The summed E-state index contributed by atoms with van der Waals surface area (Å²) in [5, 5.41) is 2.59. The predicted molar refractivity (Wildman–Crippen MR) is 73.7 cm³/mol. The largest absolute Gasteiger partial charge is 0.425 e. The molecule has 0 heterocycles. The van der Waals surface area contributed by atoms with Crippen LogP contribution in [0.25, 0.3) is 0 Å². The van der Waals surface area contributed by atoms with Crippen molar-refractivity contribution in [3.63, 3.8) is 0 Å². The number of esters is 1. The molecule has 1 atom stereocenters. The maximum Gasteiger partial charge on any atom is 0.334 e. The Bertz CT molecular complexity index is 440. The minimum absolute atomic E-state index is 0.262. The van der Waals surface area contributed by atoms with Gasteiger partial charge in [0.25, 0.3) is 0 Å². The number of nitrogens with one attached hydrogen (secondary N) is 1. The fraction of sp³-hybridized carbons (Fsp3) is 0.333. The van der Waals surface area contributed by atoms with Crippen LogP contribution in [0.1, 0.15) is 20.3 Å². The highest BCUT2D eigenvalue weighted by molar-refractivity contribution is 5.91. The van der Waals surface area contributed by atoms with Gasteiger partial charge in [-0.25, -0.2) is 4.79 Å². The number of amides is 1. The molecule has 1 aromatic carbocycles. The molecule has 0 aromatic heterocycles. The van der Waals surface area contributed by atoms with Crippen molar-refractivity contribution in [3.05, 3.63) is 43.0 Å². The standard InChI is InChI=1S/C15H19NO3/c1-4-14(17)16-13(10-11(2)3)15(18)19-12-8-6-5-7-9-12/h4-9,11,13H,1,10H2,2-3H3,(H,16,17)/t13-/m0/s1. The second-order valence-corrected chi connectivity index (χ2v) is 4.63. The van der Waals surface area contributed by atoms with Crippen LogP contribution < -0.4 is 10.1 Å². The zero-order chi connectivity index (χ0) is 14.3. The predicted octanol–water partition coefficient (Wildman–Crippen LogP) is 2.31. The lowest BCUT2D eigenvalue weighted by Gasteiger charge is -2.18. The molecule has 4 nitrogen and oxygen atoms in total. The van der Waals surface area contributed by atoms with Crippen LogP contribution in [0.15, 0.2) is 43.0 Å². The highest BCUT2D eigenvalue weighted by Crippen LogP contribution is 2.12. The summed E-state index contributed by atoms with van der Waals surface area (Å²) in [6.07, 6.45) is 1.66. The van der Waals surface area contributed by atoms with E-state index in [-0.39, 0.29) is 11.8 Å². The molecule has 0 saturated carbocycles. The molecule has 0 aliphatic rings. The van der Waals surface area contributed by atoms with Gasteiger partial charge in [-0.05, 0) is 30.5 Å². The maximum absolute atomic E-state index is 12.0. The number of hydrogen-bond acceptors (Lipinski definition) is 3. The zero-order valence-electron chi connectivity index (χ0n) is 11.3. The third kappa shape index (κ3) is 5.38. The van der Waals surface area contributed by atoms with Crippen LogP contribution in [0.3, 0.4) is 0 Å². The first-order valence-corrected chi connectivity index (χ1v) is 6.22. The maximum atomic E-state index is 12.0. The Morgan fingerprint density at radius 3 is 2.47 bits per heavy atom. The first kappa shape index (κ1) is 15.0. The number of hydrogen-bond donors (Lipinski definition) is 1. The van der Waals surface area contributed by atoms with Crippen molar-refractivity contribution in [3.8, 4) is 5.75 Å². The van der Waals surface area contributed by atoms with Crippen LogP contribution in [0, 0.1) is 5.92 Å². The Balaban J connectivity index is 2.70. The highest BCUT2D eigenvalue weighted by Gasteiger charge is 2.23. The van der Waals surface area contributed by atoms with Gasteiger partial charge in [0.05, 0.1) is 0 Å². The van der Waals surface area contributed by atoms with E-state index >= 15 is 0 Å². The van der Waals surface area contributed by atoms with Crippen molar-refractivity contribution in [2.45, 2.75) is 26.3 Å². The summed E-state index contributed by atoms with van der Waals surface area (Å²) >= 11 is 0. The van der Waals surface area contributed by atoms with Gasteiger partial charge in [0.15, 0.2) is 0 Å². The molecule has 0 aliphatic heterocycles. The van der Waals surface area contributed by atoms with Crippen LogP contribution in [-0.2, 0) is 9.59 Å². The van der Waals surface area contributed by atoms with Crippen LogP contribution in [0.2, 0.25) is 0 Å². The Morgan fingerprint density at radius 2 is 1.95 bits per heavy atom. The molecular weight excluding hydrogens is 242 g/mol. The summed E-state index contributed by atoms with van der Waals surface area (Å²) in [6, 6.07) is 8.12. The lowest BCUT2D eigenvalue weighted by Crippen LogP contribution is -2.43. The molecular formula is C15H19NO3. The van der Waals surface area contributed by atoms with Gasteiger partial charge in [-0.1, -0.05) is 38.6 Å². The Morgan fingerprint density at radius 1 is 1.32 bits per heavy atom. The van der Waals surface area contributed by atoms with Gasteiger partial charge in [-0.15, -0.1) is 0 Å². The Hall–Kier alpha value is -2.10. The first-order valence-electron chi connectivity index (χ1n) is 6.22. The van der Waals surface area contributed by atoms with Crippen LogP contribution >= 0.6 is 0 Å². The van der Waals surface area contributed by atoms with E-state index in [2.05, 4.69) is 11.9 Å². The second kappa shape index (κ2) is 7.36. The number of carbonyl (C=O) groups excluding carboxylic acids is 2. The van der Waals surface area contributed by atoms with Crippen LogP contribution in [0.5, 0.6) is 5.75 Å². The van der Waals surface area contributed by atoms with Gasteiger partial charge in [0, 0.05) is 0 Å². The van der Waals surface area contributed by atoms with Crippen LogP contribution in [0.4, 0.5) is 0 Å². The number of benzene rings is 1. The van der Waals surface area contributed by atoms with Crippen LogP contribution in [-0.4, -0.2) is 17.9 Å². The first-order chi connectivity index (χ1) is 9.02. The Labute approximate surface area is 113 Å². The number of rotatable bonds is 6. The van der Waals surface area contributed by atoms with Crippen molar-refractivity contribution in [2.75, 3.05) is 0 Å². The van der Waals surface area contributed by atoms with Crippen molar-refractivity contribution in [1.29, 1.82) is 0 Å². The van der Waals surface area contributed by atoms with Crippen molar-refractivity contribution in [1.82, 2.24) is 5.32 Å². The molecule has 0 saturated heterocycles. The van der Waals surface area contributed by atoms with Gasteiger partial charge < -0.3 is 10.1 Å². The van der Waals surface area contributed by atoms with E-state index in [1.54, 1.807) is 24.3 Å². The van der Waals surface area contributed by atoms with E-state index in [1.165, 1.54) is 0 Å². The number of ether oxygens (including phenoxy) is 1. The Kier molecular flexibility index (Phi) is 5.79. The minimum atomic E-state index is -0.661. The molecule has 19 heavy (non-hydrogen) atoms. The molecule has 1 rings (SSSR count). The van der Waals surface area contributed by atoms with Crippen molar-refractivity contribution in [2.24, 2.45) is 5.92 Å². The lowest BCUT2D eigenvalue weighted by atomic mass is 10.0. The molecule has 1 aromatic rings. The summed E-state index contributed by atoms with van der Waals surface area (Å²) < 4.78 is 5.23. The molecule has 4 heteroatoms. The summed E-state index contributed by atoms with van der Waals surface area (Å²) in [6.45, 7) is 7.32. The molecule has 0 radical (unpaired) electrons. The quantitative estimate of drug-likeness (QED) is 0.485. The van der Waals surface area contributed by atoms with Gasteiger partial charge >= 0.3 is 5.97 Å². The van der Waals surface area contributed by atoms with E-state index in [0.29, 0.717) is 12.2 Å². The number of carbonyl (C=O) groups is 2. The second-order valence-electron chi connectivity index (χ2n) is 4.63. The molecule has 0 bridgehead atoms. The smallest absolute Gasteiger partial charge is 0.334 e. The lowest BCUT2D eigenvalue weighted by molar-refractivity contribution is -0.139. The third-order valence-electron chi connectivity index (χ3n) is 2.46. The average molecular weight is 261 g/mol. The molecule has 1 amide bonds. The summed E-state index contributed by atoms with van der Waals surface area (Å²) in [5.74, 6) is -0.113. The van der Waals surface area contributed by atoms with Gasteiger partial charge in [-0.2, -0.15) is 0 Å². The van der Waals surface area contributed by atoms with E-state index in [0.717, 1.165) is 6.08 Å².